The van der Waals surface area contributed by atoms with Crippen molar-refractivity contribution < 1.29 is 9.90 Å². The molecule has 0 aromatic rings. The molecule has 0 saturated carbocycles. The third-order valence-corrected chi connectivity index (χ3v) is 2.17. The van der Waals surface area contributed by atoms with Crippen LogP contribution in [0.5, 0.6) is 0 Å². The molecular formula is C10H22N2O2. The van der Waals surface area contributed by atoms with Crippen molar-refractivity contribution >= 4 is 5.97 Å². The molecule has 0 spiro atoms. The lowest BCUT2D eigenvalue weighted by Gasteiger charge is -2.13. The van der Waals surface area contributed by atoms with E-state index in [2.05, 4.69) is 12.2 Å². The number of hydrogen-bond acceptors (Lipinski definition) is 3. The van der Waals surface area contributed by atoms with Crippen LogP contribution >= 0.6 is 0 Å². The van der Waals surface area contributed by atoms with E-state index in [0.717, 1.165) is 32.2 Å². The van der Waals surface area contributed by atoms with Gasteiger partial charge >= 0.3 is 5.97 Å². The molecule has 1 atom stereocenters. The second kappa shape index (κ2) is 8.97. The third kappa shape index (κ3) is 6.86. The van der Waals surface area contributed by atoms with Gasteiger partial charge in [0, 0.05) is 0 Å². The van der Waals surface area contributed by atoms with Crippen molar-refractivity contribution in [2.45, 2.75) is 45.1 Å². The second-order valence-corrected chi connectivity index (χ2v) is 3.48. The monoisotopic (exact) mass is 202 g/mol. The molecule has 0 saturated heterocycles. The highest BCUT2D eigenvalue weighted by Gasteiger charge is 2.14. The van der Waals surface area contributed by atoms with Crippen molar-refractivity contribution in [2.24, 2.45) is 5.73 Å². The summed E-state index contributed by atoms with van der Waals surface area (Å²) in [4.78, 5) is 10.8. The molecule has 14 heavy (non-hydrogen) atoms. The molecule has 1 unspecified atom stereocenters. The Balaban J connectivity index is 3.57. The van der Waals surface area contributed by atoms with Gasteiger partial charge in [-0.3, -0.25) is 4.79 Å². The first-order chi connectivity index (χ1) is 6.72. The molecule has 0 aliphatic rings. The average molecular weight is 202 g/mol. The van der Waals surface area contributed by atoms with Crippen molar-refractivity contribution in [1.82, 2.24) is 5.32 Å². The average Bonchev–Trinajstić information content (AvgIpc) is 2.16. The summed E-state index contributed by atoms with van der Waals surface area (Å²) in [6, 6.07) is -0.421. The lowest BCUT2D eigenvalue weighted by molar-refractivity contribution is -0.139. The normalized spacial score (nSPS) is 12.7. The Hall–Kier alpha value is -0.610. The zero-order valence-electron chi connectivity index (χ0n) is 8.96. The van der Waals surface area contributed by atoms with Crippen LogP contribution in [-0.2, 0) is 4.79 Å². The topological polar surface area (TPSA) is 75.3 Å². The zero-order chi connectivity index (χ0) is 10.8. The molecule has 0 aromatic heterocycles. The van der Waals surface area contributed by atoms with E-state index in [1.807, 2.05) is 0 Å². The summed E-state index contributed by atoms with van der Waals surface area (Å²) in [6.07, 6.45) is 4.73. The Bertz CT molecular complexity index is 151. The molecule has 0 aliphatic carbocycles. The Morgan fingerprint density at radius 3 is 2.64 bits per heavy atom. The van der Waals surface area contributed by atoms with E-state index >= 15 is 0 Å². The SMILES string of the molecule is CCCCCNC(CCCN)C(=O)O. The van der Waals surface area contributed by atoms with E-state index in [-0.39, 0.29) is 0 Å². The summed E-state index contributed by atoms with van der Waals surface area (Å²) in [7, 11) is 0. The molecule has 0 rings (SSSR count). The number of rotatable bonds is 9. The van der Waals surface area contributed by atoms with Gasteiger partial charge in [0.05, 0.1) is 0 Å². The van der Waals surface area contributed by atoms with Crippen molar-refractivity contribution in [3.63, 3.8) is 0 Å². The van der Waals surface area contributed by atoms with E-state index in [9.17, 15) is 4.79 Å². The van der Waals surface area contributed by atoms with Crippen molar-refractivity contribution in [3.05, 3.63) is 0 Å². The van der Waals surface area contributed by atoms with Gasteiger partial charge in [-0.1, -0.05) is 19.8 Å². The van der Waals surface area contributed by atoms with E-state index in [4.69, 9.17) is 10.8 Å². The molecule has 4 nitrogen and oxygen atoms in total. The predicted molar refractivity (Wildman–Crippen MR) is 57.2 cm³/mol. The summed E-state index contributed by atoms with van der Waals surface area (Å²) in [6.45, 7) is 3.47. The maximum Gasteiger partial charge on any atom is 0.320 e. The van der Waals surface area contributed by atoms with Crippen LogP contribution < -0.4 is 11.1 Å². The van der Waals surface area contributed by atoms with Crippen molar-refractivity contribution in [3.8, 4) is 0 Å². The van der Waals surface area contributed by atoms with Gasteiger partial charge < -0.3 is 16.2 Å². The zero-order valence-corrected chi connectivity index (χ0v) is 8.96. The largest absolute Gasteiger partial charge is 0.480 e. The molecule has 0 aliphatic heterocycles. The highest BCUT2D eigenvalue weighted by atomic mass is 16.4. The molecule has 4 heteroatoms. The number of carboxylic acids is 1. The van der Waals surface area contributed by atoms with Crippen LogP contribution in [0.4, 0.5) is 0 Å². The second-order valence-electron chi connectivity index (χ2n) is 3.48. The Morgan fingerprint density at radius 2 is 2.14 bits per heavy atom. The minimum absolute atomic E-state index is 0.421. The van der Waals surface area contributed by atoms with Gasteiger partial charge in [-0.05, 0) is 32.4 Å². The van der Waals surface area contributed by atoms with Crippen molar-refractivity contribution in [1.29, 1.82) is 0 Å². The molecule has 0 amide bonds. The van der Waals surface area contributed by atoms with Gasteiger partial charge in [-0.15, -0.1) is 0 Å². The lowest BCUT2D eigenvalue weighted by atomic mass is 10.1. The first-order valence-electron chi connectivity index (χ1n) is 5.38. The van der Waals surface area contributed by atoms with Crippen LogP contribution in [0.15, 0.2) is 0 Å². The van der Waals surface area contributed by atoms with Crippen LogP contribution in [0.25, 0.3) is 0 Å². The standard InChI is InChI=1S/C10H22N2O2/c1-2-3-4-8-12-9(10(13)14)6-5-7-11/h9,12H,2-8,11H2,1H3,(H,13,14). The van der Waals surface area contributed by atoms with Gasteiger partial charge in [0.25, 0.3) is 0 Å². The molecule has 0 heterocycles. The quantitative estimate of drug-likeness (QED) is 0.487. The fourth-order valence-corrected chi connectivity index (χ4v) is 1.29. The lowest BCUT2D eigenvalue weighted by Crippen LogP contribution is -2.37. The summed E-state index contributed by atoms with van der Waals surface area (Å²) < 4.78 is 0. The smallest absolute Gasteiger partial charge is 0.320 e. The summed E-state index contributed by atoms with van der Waals surface area (Å²) in [5.74, 6) is -0.769. The van der Waals surface area contributed by atoms with Gasteiger partial charge in [0.15, 0.2) is 0 Å². The van der Waals surface area contributed by atoms with E-state index in [0.29, 0.717) is 13.0 Å². The first kappa shape index (κ1) is 13.4. The van der Waals surface area contributed by atoms with Crippen LogP contribution in [0.2, 0.25) is 0 Å². The van der Waals surface area contributed by atoms with Crippen LogP contribution in [0, 0.1) is 0 Å². The number of nitrogens with two attached hydrogens (primary N) is 1. The maximum atomic E-state index is 10.8. The summed E-state index contributed by atoms with van der Waals surface area (Å²) in [5.41, 5.74) is 5.33. The highest BCUT2D eigenvalue weighted by molar-refractivity contribution is 5.73. The van der Waals surface area contributed by atoms with Crippen LogP contribution in [0.3, 0.4) is 0 Å². The van der Waals surface area contributed by atoms with Crippen LogP contribution in [0.1, 0.15) is 39.0 Å². The molecular weight excluding hydrogens is 180 g/mol. The number of nitrogens with one attached hydrogen (secondary N) is 1. The molecule has 0 radical (unpaired) electrons. The molecule has 0 fully saturated rings. The van der Waals surface area contributed by atoms with Gasteiger partial charge in [0.1, 0.15) is 6.04 Å². The molecule has 4 N–H and O–H groups in total. The minimum atomic E-state index is -0.769. The third-order valence-electron chi connectivity index (χ3n) is 2.17. The Morgan fingerprint density at radius 1 is 1.43 bits per heavy atom. The van der Waals surface area contributed by atoms with Crippen LogP contribution in [-0.4, -0.2) is 30.2 Å². The number of unbranched alkanes of at least 4 members (excludes halogenated alkanes) is 2. The number of carbonyl (C=O) groups is 1. The maximum absolute atomic E-state index is 10.8. The number of carboxylic acid groups (broad SMARTS) is 1. The Kier molecular flexibility index (Phi) is 8.57. The van der Waals surface area contributed by atoms with E-state index in [1.165, 1.54) is 0 Å². The molecule has 0 aromatic carbocycles. The highest BCUT2D eigenvalue weighted by Crippen LogP contribution is 1.98. The summed E-state index contributed by atoms with van der Waals surface area (Å²) in [5, 5.41) is 11.9. The number of hydrogen-bond donors (Lipinski definition) is 3. The first-order valence-corrected chi connectivity index (χ1v) is 5.38. The van der Waals surface area contributed by atoms with E-state index in [1.54, 1.807) is 0 Å². The van der Waals surface area contributed by atoms with Gasteiger partial charge in [-0.25, -0.2) is 0 Å². The fraction of sp³-hybridized carbons (Fsp3) is 0.900. The fourth-order valence-electron chi connectivity index (χ4n) is 1.29. The molecule has 0 bridgehead atoms. The molecule has 84 valence electrons. The van der Waals surface area contributed by atoms with Crippen molar-refractivity contribution in [2.75, 3.05) is 13.1 Å². The van der Waals surface area contributed by atoms with Gasteiger partial charge in [-0.2, -0.15) is 0 Å². The Labute approximate surface area is 85.9 Å². The minimum Gasteiger partial charge on any atom is -0.480 e. The summed E-state index contributed by atoms with van der Waals surface area (Å²) >= 11 is 0. The predicted octanol–water partition coefficient (Wildman–Crippen LogP) is 0.958. The van der Waals surface area contributed by atoms with E-state index < -0.39 is 12.0 Å². The van der Waals surface area contributed by atoms with Gasteiger partial charge in [0.2, 0.25) is 0 Å². The number of aliphatic carboxylic acids is 1.